The standard InChI is InChI=1S/C19H24ClFN6O3S/c20-18-24-15(22-8-12-5-6-31-10-12)14(21)16(25-18)26-27-17(28)13(9-23-19(29)30)7-11-3-1-2-4-11/h5-6,10-11,13,23H,1-4,7-9H2,(H,27,28)(H,29,30)(H2,22,24,25,26)/t13-/m1/s1. The molecule has 1 fully saturated rings. The van der Waals surface area contributed by atoms with Gasteiger partial charge in [-0.15, -0.1) is 0 Å². The van der Waals surface area contributed by atoms with Crippen molar-refractivity contribution >= 4 is 46.6 Å². The molecule has 9 nitrogen and oxygen atoms in total. The van der Waals surface area contributed by atoms with Crippen LogP contribution in [0.4, 0.5) is 20.8 Å². The van der Waals surface area contributed by atoms with E-state index in [2.05, 4.69) is 31.5 Å². The summed E-state index contributed by atoms with van der Waals surface area (Å²) in [4.78, 5) is 31.2. The number of carbonyl (C=O) groups is 2. The van der Waals surface area contributed by atoms with Gasteiger partial charge in [-0.05, 0) is 46.3 Å². The van der Waals surface area contributed by atoms with Crippen LogP contribution in [0.25, 0.3) is 0 Å². The molecule has 2 heterocycles. The molecule has 3 rings (SSSR count). The molecule has 0 aliphatic heterocycles. The smallest absolute Gasteiger partial charge is 0.404 e. The first kappa shape index (κ1) is 23.0. The van der Waals surface area contributed by atoms with Crippen LogP contribution in [0, 0.1) is 17.7 Å². The number of rotatable bonds is 10. The van der Waals surface area contributed by atoms with Crippen LogP contribution in [0.2, 0.25) is 5.28 Å². The first-order chi connectivity index (χ1) is 14.9. The molecule has 0 aromatic carbocycles. The predicted molar refractivity (Wildman–Crippen MR) is 117 cm³/mol. The molecule has 1 aliphatic carbocycles. The normalized spacial score (nSPS) is 14.8. The van der Waals surface area contributed by atoms with Gasteiger partial charge in [0.05, 0.1) is 5.92 Å². The second-order valence-corrected chi connectivity index (χ2v) is 8.49. The molecule has 0 bridgehead atoms. The third-order valence-corrected chi connectivity index (χ3v) is 6.03. The Morgan fingerprint density at radius 3 is 2.71 bits per heavy atom. The Kier molecular flexibility index (Phi) is 8.24. The van der Waals surface area contributed by atoms with Crippen LogP contribution in [-0.4, -0.2) is 33.6 Å². The number of anilines is 2. The van der Waals surface area contributed by atoms with E-state index in [0.29, 0.717) is 18.9 Å². The third kappa shape index (κ3) is 6.93. The van der Waals surface area contributed by atoms with Gasteiger partial charge in [0.2, 0.25) is 17.0 Å². The lowest BCUT2D eigenvalue weighted by molar-refractivity contribution is -0.124. The monoisotopic (exact) mass is 470 g/mol. The summed E-state index contributed by atoms with van der Waals surface area (Å²) in [5, 5.41) is 17.6. The molecule has 0 radical (unpaired) electrons. The van der Waals surface area contributed by atoms with Crippen LogP contribution in [-0.2, 0) is 11.3 Å². The summed E-state index contributed by atoms with van der Waals surface area (Å²) in [6.45, 7) is 0.323. The van der Waals surface area contributed by atoms with Crippen molar-refractivity contribution in [2.45, 2.75) is 38.6 Å². The van der Waals surface area contributed by atoms with Crippen molar-refractivity contribution in [2.75, 3.05) is 17.3 Å². The van der Waals surface area contributed by atoms with E-state index in [1.54, 1.807) is 0 Å². The Morgan fingerprint density at radius 1 is 1.29 bits per heavy atom. The summed E-state index contributed by atoms with van der Waals surface area (Å²) >= 11 is 7.43. The van der Waals surface area contributed by atoms with Gasteiger partial charge in [0.15, 0.2) is 11.6 Å². The van der Waals surface area contributed by atoms with E-state index in [-0.39, 0.29) is 23.5 Å². The minimum absolute atomic E-state index is 0.0280. The van der Waals surface area contributed by atoms with Crippen molar-refractivity contribution in [1.82, 2.24) is 20.7 Å². The minimum Gasteiger partial charge on any atom is -0.465 e. The van der Waals surface area contributed by atoms with Crippen LogP contribution >= 0.6 is 22.9 Å². The average Bonchev–Trinajstić information content (AvgIpc) is 3.44. The summed E-state index contributed by atoms with van der Waals surface area (Å²) in [6, 6.07) is 1.90. The zero-order valence-corrected chi connectivity index (χ0v) is 18.2. The van der Waals surface area contributed by atoms with Gasteiger partial charge in [-0.3, -0.25) is 15.6 Å². The Labute approximate surface area is 187 Å². The van der Waals surface area contributed by atoms with E-state index in [0.717, 1.165) is 31.2 Å². The number of thiophene rings is 1. The maximum atomic E-state index is 14.8. The van der Waals surface area contributed by atoms with Gasteiger partial charge in [-0.25, -0.2) is 4.79 Å². The van der Waals surface area contributed by atoms with E-state index in [9.17, 15) is 14.0 Å². The van der Waals surface area contributed by atoms with E-state index in [1.165, 1.54) is 11.3 Å². The Bertz CT molecular complexity index is 895. The number of hydrazine groups is 1. The fourth-order valence-corrected chi connectivity index (χ4v) is 4.40. The van der Waals surface area contributed by atoms with Gasteiger partial charge >= 0.3 is 6.09 Å². The molecule has 5 N–H and O–H groups in total. The molecule has 0 spiro atoms. The number of carbonyl (C=O) groups excluding carboxylic acids is 1. The van der Waals surface area contributed by atoms with Crippen molar-refractivity contribution in [2.24, 2.45) is 11.8 Å². The number of hydrogen-bond acceptors (Lipinski definition) is 7. The zero-order valence-electron chi connectivity index (χ0n) is 16.7. The molecular formula is C19H24ClFN6O3S. The van der Waals surface area contributed by atoms with Crippen molar-refractivity contribution in [3.8, 4) is 0 Å². The van der Waals surface area contributed by atoms with Crippen LogP contribution in [0.5, 0.6) is 0 Å². The molecule has 1 saturated carbocycles. The van der Waals surface area contributed by atoms with Gasteiger partial charge in [0.1, 0.15) is 0 Å². The molecule has 1 atom stereocenters. The van der Waals surface area contributed by atoms with Gasteiger partial charge in [-0.2, -0.15) is 25.7 Å². The first-order valence-corrected chi connectivity index (χ1v) is 11.2. The molecule has 2 aromatic rings. The first-order valence-electron chi connectivity index (χ1n) is 9.93. The van der Waals surface area contributed by atoms with Crippen LogP contribution in [0.1, 0.15) is 37.7 Å². The van der Waals surface area contributed by atoms with Crippen molar-refractivity contribution < 1.29 is 19.1 Å². The van der Waals surface area contributed by atoms with E-state index in [4.69, 9.17) is 16.7 Å². The number of nitrogens with one attached hydrogen (secondary N) is 4. The number of nitrogens with zero attached hydrogens (tertiary/aromatic N) is 2. The van der Waals surface area contributed by atoms with Gasteiger partial charge in [0.25, 0.3) is 0 Å². The quantitative estimate of drug-likeness (QED) is 0.263. The van der Waals surface area contributed by atoms with Crippen LogP contribution in [0.3, 0.4) is 0 Å². The molecule has 0 unspecified atom stereocenters. The fraction of sp³-hybridized carbons (Fsp3) is 0.474. The highest BCUT2D eigenvalue weighted by Crippen LogP contribution is 2.30. The Morgan fingerprint density at radius 2 is 2.03 bits per heavy atom. The Balaban J connectivity index is 1.62. The summed E-state index contributed by atoms with van der Waals surface area (Å²) < 4.78 is 14.8. The molecule has 168 valence electrons. The number of hydrogen-bond donors (Lipinski definition) is 5. The molecule has 12 heteroatoms. The maximum absolute atomic E-state index is 14.8. The number of carboxylic acid groups (broad SMARTS) is 1. The second kappa shape index (κ2) is 11.1. The van der Waals surface area contributed by atoms with E-state index >= 15 is 0 Å². The Hall–Kier alpha value is -2.66. The number of aromatic nitrogens is 2. The largest absolute Gasteiger partial charge is 0.465 e. The second-order valence-electron chi connectivity index (χ2n) is 7.37. The predicted octanol–water partition coefficient (Wildman–Crippen LogP) is 3.85. The van der Waals surface area contributed by atoms with Crippen molar-refractivity contribution in [3.63, 3.8) is 0 Å². The lowest BCUT2D eigenvalue weighted by atomic mass is 9.92. The minimum atomic E-state index is -1.20. The molecule has 1 aliphatic rings. The fourth-order valence-electron chi connectivity index (χ4n) is 3.56. The topological polar surface area (TPSA) is 128 Å². The van der Waals surface area contributed by atoms with Gasteiger partial charge < -0.3 is 15.7 Å². The third-order valence-electron chi connectivity index (χ3n) is 5.13. The van der Waals surface area contributed by atoms with E-state index in [1.807, 2.05) is 16.8 Å². The van der Waals surface area contributed by atoms with Crippen LogP contribution < -0.4 is 21.5 Å². The summed E-state index contributed by atoms with van der Waals surface area (Å²) in [7, 11) is 0. The average molecular weight is 471 g/mol. The molecule has 2 aromatic heterocycles. The lowest BCUT2D eigenvalue weighted by Crippen LogP contribution is -2.41. The highest BCUT2D eigenvalue weighted by atomic mass is 35.5. The highest BCUT2D eigenvalue weighted by Gasteiger charge is 2.26. The molecule has 2 amide bonds. The molecule has 0 saturated heterocycles. The van der Waals surface area contributed by atoms with E-state index < -0.39 is 23.7 Å². The SMILES string of the molecule is O=C(O)NC[C@@H](CC1CCCC1)C(=O)NNc1nc(Cl)nc(NCc2ccsc2)c1F. The summed E-state index contributed by atoms with van der Waals surface area (Å²) in [5.41, 5.74) is 5.84. The van der Waals surface area contributed by atoms with Crippen molar-refractivity contribution in [1.29, 1.82) is 0 Å². The molecular weight excluding hydrogens is 447 g/mol. The summed E-state index contributed by atoms with van der Waals surface area (Å²) in [5.74, 6) is -1.86. The molecule has 31 heavy (non-hydrogen) atoms. The lowest BCUT2D eigenvalue weighted by Gasteiger charge is -2.20. The number of halogens is 2. The zero-order chi connectivity index (χ0) is 22.2. The highest BCUT2D eigenvalue weighted by molar-refractivity contribution is 7.07. The van der Waals surface area contributed by atoms with Gasteiger partial charge in [0, 0.05) is 13.1 Å². The maximum Gasteiger partial charge on any atom is 0.404 e. The number of amides is 2. The van der Waals surface area contributed by atoms with Crippen LogP contribution in [0.15, 0.2) is 16.8 Å². The summed E-state index contributed by atoms with van der Waals surface area (Å²) in [6.07, 6.45) is 3.59. The van der Waals surface area contributed by atoms with Gasteiger partial charge in [-0.1, -0.05) is 25.7 Å². The van der Waals surface area contributed by atoms with Crippen molar-refractivity contribution in [3.05, 3.63) is 33.5 Å².